The van der Waals surface area contributed by atoms with Crippen molar-refractivity contribution in [2.45, 2.75) is 32.4 Å². The minimum Gasteiger partial charge on any atom is -0.493 e. The van der Waals surface area contributed by atoms with Gasteiger partial charge < -0.3 is 19.4 Å². The van der Waals surface area contributed by atoms with Gasteiger partial charge in [0.2, 0.25) is 0 Å². The van der Waals surface area contributed by atoms with Gasteiger partial charge in [0, 0.05) is 43.3 Å². The zero-order valence-corrected chi connectivity index (χ0v) is 18.7. The predicted molar refractivity (Wildman–Crippen MR) is 125 cm³/mol. The highest BCUT2D eigenvalue weighted by Crippen LogP contribution is 2.35. The van der Waals surface area contributed by atoms with Gasteiger partial charge in [0.1, 0.15) is 0 Å². The Morgan fingerprint density at radius 2 is 1.74 bits per heavy atom. The highest BCUT2D eigenvalue weighted by molar-refractivity contribution is 5.82. The van der Waals surface area contributed by atoms with Gasteiger partial charge in [-0.15, -0.1) is 0 Å². The second-order valence-electron chi connectivity index (χ2n) is 9.06. The molecule has 0 radical (unpaired) electrons. The SMILES string of the molecule is COc1cc2c(cc1OC)CN(CC1CCN(CCCc3c[nH]c4ccccc34)C1)C2. The van der Waals surface area contributed by atoms with Gasteiger partial charge in [0.15, 0.2) is 11.5 Å². The third-order valence-corrected chi connectivity index (χ3v) is 6.98. The lowest BCUT2D eigenvalue weighted by Gasteiger charge is -2.20. The molecule has 0 aliphatic carbocycles. The number of benzene rings is 2. The lowest BCUT2D eigenvalue weighted by Crippen LogP contribution is -2.28. The molecule has 5 nitrogen and oxygen atoms in total. The Bertz CT molecular complexity index is 1010. The van der Waals surface area contributed by atoms with E-state index >= 15 is 0 Å². The summed E-state index contributed by atoms with van der Waals surface area (Å²) in [5, 5.41) is 1.38. The largest absolute Gasteiger partial charge is 0.493 e. The van der Waals surface area contributed by atoms with E-state index in [2.05, 4.69) is 57.4 Å². The van der Waals surface area contributed by atoms with Crippen molar-refractivity contribution in [3.8, 4) is 11.5 Å². The average Bonchev–Trinajstić information content (AvgIpc) is 3.51. The number of H-pyrrole nitrogens is 1. The van der Waals surface area contributed by atoms with Crippen molar-refractivity contribution in [2.75, 3.05) is 40.4 Å². The first-order chi connectivity index (χ1) is 15.2. The van der Waals surface area contributed by atoms with Crippen LogP contribution in [0.2, 0.25) is 0 Å². The van der Waals surface area contributed by atoms with Crippen LogP contribution in [-0.4, -0.2) is 55.2 Å². The number of hydrogen-bond donors (Lipinski definition) is 1. The summed E-state index contributed by atoms with van der Waals surface area (Å²) in [5.74, 6) is 2.45. The lowest BCUT2D eigenvalue weighted by atomic mass is 10.1. The fourth-order valence-corrected chi connectivity index (χ4v) is 5.39. The summed E-state index contributed by atoms with van der Waals surface area (Å²) in [6.07, 6.45) is 5.87. The molecule has 1 aromatic heterocycles. The Balaban J connectivity index is 1.10. The number of methoxy groups -OCH3 is 2. The Morgan fingerprint density at radius 1 is 1.00 bits per heavy atom. The maximum absolute atomic E-state index is 5.48. The molecule has 0 bridgehead atoms. The van der Waals surface area contributed by atoms with Gasteiger partial charge in [-0.2, -0.15) is 0 Å². The molecular weight excluding hydrogens is 386 g/mol. The molecule has 164 valence electrons. The number of aryl methyl sites for hydroxylation is 1. The summed E-state index contributed by atoms with van der Waals surface area (Å²) in [6.45, 7) is 6.89. The topological polar surface area (TPSA) is 40.7 Å². The van der Waals surface area contributed by atoms with Gasteiger partial charge in [-0.25, -0.2) is 0 Å². The van der Waals surface area contributed by atoms with Gasteiger partial charge in [0.25, 0.3) is 0 Å². The zero-order chi connectivity index (χ0) is 21.2. The highest BCUT2D eigenvalue weighted by Gasteiger charge is 2.28. The standard InChI is InChI=1S/C26H33N3O2/c1-30-25-12-21-17-29(18-22(21)13-26(25)31-2)16-19-9-11-28(15-19)10-5-6-20-14-27-24-8-4-3-7-23(20)24/h3-4,7-8,12-14,19,27H,5-6,9-11,15-18H2,1-2H3. The second kappa shape index (κ2) is 8.93. The summed E-state index contributed by atoms with van der Waals surface area (Å²) >= 11 is 0. The Kier molecular flexibility index (Phi) is 5.88. The van der Waals surface area contributed by atoms with Crippen molar-refractivity contribution in [1.29, 1.82) is 0 Å². The van der Waals surface area contributed by atoms with Crippen LogP contribution in [0.25, 0.3) is 10.9 Å². The van der Waals surface area contributed by atoms with Crippen LogP contribution < -0.4 is 9.47 Å². The number of nitrogens with zero attached hydrogens (tertiary/aromatic N) is 2. The number of rotatable bonds is 8. The molecule has 5 heteroatoms. The molecule has 2 aliphatic heterocycles. The van der Waals surface area contributed by atoms with Crippen LogP contribution in [-0.2, 0) is 19.5 Å². The van der Waals surface area contributed by atoms with E-state index in [1.54, 1.807) is 14.2 Å². The van der Waals surface area contributed by atoms with Crippen LogP contribution in [0.5, 0.6) is 11.5 Å². The van der Waals surface area contributed by atoms with Crippen LogP contribution in [0.4, 0.5) is 0 Å². The summed E-state index contributed by atoms with van der Waals surface area (Å²) in [6, 6.07) is 12.9. The van der Waals surface area contributed by atoms with E-state index in [1.807, 2.05) is 0 Å². The maximum atomic E-state index is 5.48. The number of aromatic amines is 1. The van der Waals surface area contributed by atoms with E-state index in [4.69, 9.17) is 9.47 Å². The first-order valence-electron chi connectivity index (χ1n) is 11.5. The summed E-state index contributed by atoms with van der Waals surface area (Å²) in [4.78, 5) is 8.65. The van der Waals surface area contributed by atoms with Crippen molar-refractivity contribution in [2.24, 2.45) is 5.92 Å². The van der Waals surface area contributed by atoms with E-state index in [9.17, 15) is 0 Å². The van der Waals surface area contributed by atoms with Crippen LogP contribution >= 0.6 is 0 Å². The van der Waals surface area contributed by atoms with Crippen LogP contribution in [0, 0.1) is 5.92 Å². The van der Waals surface area contributed by atoms with Crippen molar-refractivity contribution in [3.63, 3.8) is 0 Å². The smallest absolute Gasteiger partial charge is 0.161 e. The highest BCUT2D eigenvalue weighted by atomic mass is 16.5. The van der Waals surface area contributed by atoms with Crippen molar-refractivity contribution in [3.05, 3.63) is 59.3 Å². The minimum atomic E-state index is 0.770. The third kappa shape index (κ3) is 4.30. The first kappa shape index (κ1) is 20.4. The summed E-state index contributed by atoms with van der Waals surface area (Å²) < 4.78 is 11.0. The number of ether oxygens (including phenoxy) is 2. The zero-order valence-electron chi connectivity index (χ0n) is 18.7. The Morgan fingerprint density at radius 3 is 2.48 bits per heavy atom. The molecule has 0 saturated carbocycles. The fourth-order valence-electron chi connectivity index (χ4n) is 5.39. The molecule has 3 heterocycles. The Labute approximate surface area is 184 Å². The molecule has 1 atom stereocenters. The van der Waals surface area contributed by atoms with Gasteiger partial charge in [-0.3, -0.25) is 4.90 Å². The third-order valence-electron chi connectivity index (χ3n) is 6.98. The van der Waals surface area contributed by atoms with Crippen molar-refractivity contribution < 1.29 is 9.47 Å². The molecule has 0 amide bonds. The van der Waals surface area contributed by atoms with Crippen LogP contribution in [0.15, 0.2) is 42.6 Å². The molecular formula is C26H33N3O2. The molecule has 5 rings (SSSR count). The lowest BCUT2D eigenvalue weighted by molar-refractivity contribution is 0.229. The number of aromatic nitrogens is 1. The molecule has 1 unspecified atom stereocenters. The summed E-state index contributed by atoms with van der Waals surface area (Å²) in [5.41, 5.74) is 5.46. The van der Waals surface area contributed by atoms with E-state index in [0.29, 0.717) is 0 Å². The van der Waals surface area contributed by atoms with Gasteiger partial charge in [0.05, 0.1) is 14.2 Å². The fraction of sp³-hybridized carbons (Fsp3) is 0.462. The minimum absolute atomic E-state index is 0.770. The predicted octanol–water partition coefficient (Wildman–Crippen LogP) is 4.46. The van der Waals surface area contributed by atoms with E-state index in [0.717, 1.165) is 36.9 Å². The molecule has 31 heavy (non-hydrogen) atoms. The molecule has 1 fully saturated rings. The monoisotopic (exact) mass is 419 g/mol. The number of likely N-dealkylation sites (tertiary alicyclic amines) is 1. The van der Waals surface area contributed by atoms with Crippen molar-refractivity contribution in [1.82, 2.24) is 14.8 Å². The van der Waals surface area contributed by atoms with Gasteiger partial charge >= 0.3 is 0 Å². The summed E-state index contributed by atoms with van der Waals surface area (Å²) in [7, 11) is 3.42. The number of nitrogens with one attached hydrogen (secondary N) is 1. The normalized spacial score (nSPS) is 19.2. The van der Waals surface area contributed by atoms with E-state index < -0.39 is 0 Å². The second-order valence-corrected chi connectivity index (χ2v) is 9.06. The van der Waals surface area contributed by atoms with E-state index in [-0.39, 0.29) is 0 Å². The molecule has 2 aromatic carbocycles. The number of para-hydroxylation sites is 1. The van der Waals surface area contributed by atoms with Gasteiger partial charge in [-0.1, -0.05) is 18.2 Å². The maximum Gasteiger partial charge on any atom is 0.161 e. The van der Waals surface area contributed by atoms with Gasteiger partial charge in [-0.05, 0) is 73.2 Å². The molecule has 0 spiro atoms. The number of fused-ring (bicyclic) bond motifs is 2. The average molecular weight is 420 g/mol. The molecule has 1 N–H and O–H groups in total. The quantitative estimate of drug-likeness (QED) is 0.585. The molecule has 2 aliphatic rings. The first-order valence-corrected chi connectivity index (χ1v) is 11.5. The molecule has 3 aromatic rings. The van der Waals surface area contributed by atoms with Crippen LogP contribution in [0.1, 0.15) is 29.5 Å². The number of hydrogen-bond acceptors (Lipinski definition) is 4. The van der Waals surface area contributed by atoms with Crippen LogP contribution in [0.3, 0.4) is 0 Å². The Hall–Kier alpha value is -2.50. The van der Waals surface area contributed by atoms with Crippen molar-refractivity contribution >= 4 is 10.9 Å². The molecule has 1 saturated heterocycles. The van der Waals surface area contributed by atoms with E-state index in [1.165, 1.54) is 66.6 Å².